The number of hydrogen-bond donors (Lipinski definition) is 0. The van der Waals surface area contributed by atoms with Crippen molar-refractivity contribution in [3.63, 3.8) is 0 Å². The van der Waals surface area contributed by atoms with Gasteiger partial charge < -0.3 is 4.57 Å². The van der Waals surface area contributed by atoms with Crippen LogP contribution in [0.4, 0.5) is 0 Å². The first kappa shape index (κ1) is 30.4. The van der Waals surface area contributed by atoms with Crippen molar-refractivity contribution in [2.75, 3.05) is 0 Å². The lowest BCUT2D eigenvalue weighted by Crippen LogP contribution is -2.15. The van der Waals surface area contributed by atoms with Crippen LogP contribution >= 0.6 is 0 Å². The molecule has 11 aromatic rings. The first-order chi connectivity index (χ1) is 27.0. The molecule has 0 amide bonds. The Morgan fingerprint density at radius 3 is 1.89 bits per heavy atom. The van der Waals surface area contributed by atoms with E-state index in [9.17, 15) is 0 Å². The number of benzene rings is 8. The molecule has 0 fully saturated rings. The van der Waals surface area contributed by atoms with Crippen LogP contribution in [0.3, 0.4) is 0 Å². The molecule has 8 aromatic carbocycles. The van der Waals surface area contributed by atoms with E-state index in [0.29, 0.717) is 11.6 Å². The van der Waals surface area contributed by atoms with Crippen LogP contribution in [-0.2, 0) is 5.41 Å². The lowest BCUT2D eigenvalue weighted by Gasteiger charge is -2.22. The molecule has 3 heterocycles. The summed E-state index contributed by atoms with van der Waals surface area (Å²) < 4.78 is 4.29. The smallest absolute Gasteiger partial charge is 0.253 e. The normalized spacial score (nSPS) is 13.4. The van der Waals surface area contributed by atoms with Crippen molar-refractivity contribution in [3.05, 3.63) is 175 Å². The Balaban J connectivity index is 1.04. The van der Waals surface area contributed by atoms with Crippen LogP contribution in [0.2, 0.25) is 0 Å². The fourth-order valence-corrected chi connectivity index (χ4v) is 9.36. The Hall–Kier alpha value is -7.11. The van der Waals surface area contributed by atoms with Gasteiger partial charge in [-0.2, -0.15) is 9.50 Å². The molecular weight excluding hydrogens is 671 g/mol. The van der Waals surface area contributed by atoms with Crippen molar-refractivity contribution in [3.8, 4) is 39.5 Å². The first-order valence-corrected chi connectivity index (χ1v) is 18.9. The lowest BCUT2D eigenvalue weighted by molar-refractivity contribution is 0.660. The van der Waals surface area contributed by atoms with E-state index in [1.165, 1.54) is 65.6 Å². The van der Waals surface area contributed by atoms with Gasteiger partial charge in [0.25, 0.3) is 5.78 Å². The minimum Gasteiger partial charge on any atom is -0.309 e. The zero-order valence-electron chi connectivity index (χ0n) is 30.3. The van der Waals surface area contributed by atoms with Gasteiger partial charge in [-0.25, -0.2) is 4.98 Å². The third kappa shape index (κ3) is 4.21. The molecule has 0 saturated heterocycles. The van der Waals surface area contributed by atoms with Gasteiger partial charge in [0, 0.05) is 38.4 Å². The second kappa shape index (κ2) is 11.0. The molecule has 0 bridgehead atoms. The topological polar surface area (TPSA) is 48.0 Å². The van der Waals surface area contributed by atoms with E-state index in [2.05, 4.69) is 182 Å². The molecule has 0 radical (unpaired) electrons. The molecule has 3 aromatic heterocycles. The number of hydrogen-bond acceptors (Lipinski definition) is 3. The van der Waals surface area contributed by atoms with E-state index in [1.807, 2.05) is 4.52 Å². The van der Waals surface area contributed by atoms with E-state index in [0.717, 1.165) is 33.4 Å². The van der Waals surface area contributed by atoms with Crippen molar-refractivity contribution < 1.29 is 0 Å². The van der Waals surface area contributed by atoms with E-state index in [-0.39, 0.29) is 5.41 Å². The molecular formula is C50H33N5. The first-order valence-electron chi connectivity index (χ1n) is 18.9. The lowest BCUT2D eigenvalue weighted by atomic mass is 9.82. The van der Waals surface area contributed by atoms with Crippen molar-refractivity contribution in [1.29, 1.82) is 0 Å². The summed E-state index contributed by atoms with van der Waals surface area (Å²) in [6.07, 6.45) is 0. The van der Waals surface area contributed by atoms with Gasteiger partial charge in [-0.1, -0.05) is 141 Å². The molecule has 1 aliphatic carbocycles. The summed E-state index contributed by atoms with van der Waals surface area (Å²) >= 11 is 0. The largest absolute Gasteiger partial charge is 0.309 e. The summed E-state index contributed by atoms with van der Waals surface area (Å²) in [4.78, 5) is 10.4. The van der Waals surface area contributed by atoms with Crippen molar-refractivity contribution in [1.82, 2.24) is 24.1 Å². The average Bonchev–Trinajstić information content (AvgIpc) is 3.90. The highest BCUT2D eigenvalue weighted by Crippen LogP contribution is 2.50. The number of fused-ring (bicyclic) bond motifs is 13. The Morgan fingerprint density at radius 2 is 1.13 bits per heavy atom. The molecule has 0 unspecified atom stereocenters. The van der Waals surface area contributed by atoms with Crippen LogP contribution in [-0.4, -0.2) is 24.1 Å². The van der Waals surface area contributed by atoms with Crippen molar-refractivity contribution in [2.45, 2.75) is 19.3 Å². The number of nitrogens with zero attached hydrogens (tertiary/aromatic N) is 5. The summed E-state index contributed by atoms with van der Waals surface area (Å²) in [5.74, 6) is 1.21. The SMILES string of the molecule is CC1(C)c2ccccc2-c2ccc(-c3nc4nc(-c5cccc(-n6c7ccc8ccccc8c7c7c8ccccc8ccc76)c5)nn4c4ccccc34)cc21. The highest BCUT2D eigenvalue weighted by atomic mass is 15.3. The van der Waals surface area contributed by atoms with Gasteiger partial charge in [0.2, 0.25) is 0 Å². The van der Waals surface area contributed by atoms with Crippen LogP contribution in [0.15, 0.2) is 164 Å². The third-order valence-corrected chi connectivity index (χ3v) is 12.0. The van der Waals surface area contributed by atoms with Crippen molar-refractivity contribution in [2.24, 2.45) is 0 Å². The Morgan fingerprint density at radius 1 is 0.473 bits per heavy atom. The van der Waals surface area contributed by atoms with E-state index in [1.54, 1.807) is 0 Å². The van der Waals surface area contributed by atoms with Gasteiger partial charge in [0.05, 0.1) is 22.2 Å². The molecule has 12 rings (SSSR count). The molecule has 55 heavy (non-hydrogen) atoms. The monoisotopic (exact) mass is 703 g/mol. The van der Waals surface area contributed by atoms with E-state index in [4.69, 9.17) is 15.1 Å². The Labute approximate surface area is 316 Å². The molecule has 0 saturated carbocycles. The van der Waals surface area contributed by atoms with E-state index >= 15 is 0 Å². The summed E-state index contributed by atoms with van der Waals surface area (Å²) in [6, 6.07) is 58.9. The maximum absolute atomic E-state index is 5.24. The van der Waals surface area contributed by atoms with Crippen molar-refractivity contribution >= 4 is 60.0 Å². The summed E-state index contributed by atoms with van der Waals surface area (Å²) in [5.41, 5.74) is 12.5. The predicted octanol–water partition coefficient (Wildman–Crippen LogP) is 12.3. The minimum absolute atomic E-state index is 0.106. The summed E-state index contributed by atoms with van der Waals surface area (Å²) in [6.45, 7) is 4.64. The van der Waals surface area contributed by atoms with Gasteiger partial charge in [0.1, 0.15) is 0 Å². The van der Waals surface area contributed by atoms with Crippen LogP contribution in [0.1, 0.15) is 25.0 Å². The predicted molar refractivity (Wildman–Crippen MR) is 226 cm³/mol. The second-order valence-corrected chi connectivity index (χ2v) is 15.3. The Bertz CT molecular complexity index is 3330. The fraction of sp³-hybridized carbons (Fsp3) is 0.0600. The molecule has 0 N–H and O–H groups in total. The highest BCUT2D eigenvalue weighted by Gasteiger charge is 2.35. The summed E-state index contributed by atoms with van der Waals surface area (Å²) in [7, 11) is 0. The maximum Gasteiger partial charge on any atom is 0.253 e. The number of para-hydroxylation sites is 1. The quantitative estimate of drug-likeness (QED) is 0.184. The van der Waals surface area contributed by atoms with Gasteiger partial charge in [-0.3, -0.25) is 0 Å². The van der Waals surface area contributed by atoms with Gasteiger partial charge >= 0.3 is 0 Å². The third-order valence-electron chi connectivity index (χ3n) is 12.0. The molecule has 0 aliphatic heterocycles. The average molecular weight is 704 g/mol. The molecule has 1 aliphatic rings. The van der Waals surface area contributed by atoms with Crippen LogP contribution < -0.4 is 0 Å². The number of aromatic nitrogens is 5. The van der Waals surface area contributed by atoms with Crippen LogP contribution in [0, 0.1) is 0 Å². The molecule has 258 valence electrons. The second-order valence-electron chi connectivity index (χ2n) is 15.3. The zero-order valence-corrected chi connectivity index (χ0v) is 30.3. The molecule has 5 nitrogen and oxygen atoms in total. The molecule has 5 heteroatoms. The molecule has 0 spiro atoms. The number of rotatable bonds is 3. The summed E-state index contributed by atoms with van der Waals surface area (Å²) in [5, 5.41) is 13.7. The van der Waals surface area contributed by atoms with Crippen LogP contribution in [0.5, 0.6) is 0 Å². The van der Waals surface area contributed by atoms with Gasteiger partial charge in [0.15, 0.2) is 5.82 Å². The Kier molecular flexibility index (Phi) is 6.05. The van der Waals surface area contributed by atoms with Gasteiger partial charge in [-0.05, 0) is 80.2 Å². The van der Waals surface area contributed by atoms with E-state index < -0.39 is 0 Å². The molecule has 0 atom stereocenters. The zero-order chi connectivity index (χ0) is 36.4. The fourth-order valence-electron chi connectivity index (χ4n) is 9.36. The highest BCUT2D eigenvalue weighted by molar-refractivity contribution is 6.28. The maximum atomic E-state index is 5.24. The van der Waals surface area contributed by atoms with Gasteiger partial charge in [-0.15, -0.1) is 5.10 Å². The minimum atomic E-state index is -0.106. The van der Waals surface area contributed by atoms with Crippen LogP contribution in [0.25, 0.3) is 99.5 Å². The standard InChI is InChI=1S/C50H33N5/c1-50(2)40-20-9-7-18-37(40)38-25-22-32(29-41(38)50)47-39-19-8-10-21-42(39)55-49(51-47)52-48(53-55)33-14-11-15-34(28-33)54-43-26-23-30-12-3-5-16-35(30)45(43)46-36-17-6-4-13-31(36)24-27-44(46)54/h3-29H,1-2H3.